The molecule has 0 amide bonds. The van der Waals surface area contributed by atoms with Crippen molar-refractivity contribution >= 4 is 5.97 Å². The Morgan fingerprint density at radius 1 is 1.32 bits per heavy atom. The maximum atomic E-state index is 11.2. The summed E-state index contributed by atoms with van der Waals surface area (Å²) in [7, 11) is 1.34. The fraction of sp³-hybridized carbons (Fsp3) is 0.308. The van der Waals surface area contributed by atoms with Gasteiger partial charge in [0.1, 0.15) is 5.75 Å². The number of hydrogen-bond acceptors (Lipinski definition) is 6. The first kappa shape index (κ1) is 13.1. The standard InChI is InChI=1S/C13H14N2O4/c1-3-12-14-11(15-19-12)8-18-10-6-4-9(5-7-10)13(16)17-2/h4-7H,3,8H2,1-2H3. The minimum absolute atomic E-state index is 0.223. The van der Waals surface area contributed by atoms with Crippen LogP contribution in [0.5, 0.6) is 5.75 Å². The van der Waals surface area contributed by atoms with Gasteiger partial charge < -0.3 is 14.0 Å². The van der Waals surface area contributed by atoms with Gasteiger partial charge in [-0.2, -0.15) is 4.98 Å². The van der Waals surface area contributed by atoms with E-state index in [2.05, 4.69) is 14.9 Å². The topological polar surface area (TPSA) is 74.5 Å². The zero-order valence-electron chi connectivity index (χ0n) is 10.8. The molecule has 0 radical (unpaired) electrons. The van der Waals surface area contributed by atoms with Crippen LogP contribution in [-0.4, -0.2) is 23.2 Å². The number of methoxy groups -OCH3 is 1. The predicted molar refractivity (Wildman–Crippen MR) is 65.8 cm³/mol. The number of esters is 1. The van der Waals surface area contributed by atoms with Gasteiger partial charge in [0.15, 0.2) is 6.61 Å². The second-order valence-corrected chi connectivity index (χ2v) is 3.76. The zero-order chi connectivity index (χ0) is 13.7. The van der Waals surface area contributed by atoms with Crippen LogP contribution in [0.1, 0.15) is 29.0 Å². The summed E-state index contributed by atoms with van der Waals surface area (Å²) >= 11 is 0. The molecule has 0 atom stereocenters. The Balaban J connectivity index is 1.94. The Morgan fingerprint density at radius 3 is 2.63 bits per heavy atom. The number of aryl methyl sites for hydroxylation is 1. The number of carbonyl (C=O) groups is 1. The van der Waals surface area contributed by atoms with Gasteiger partial charge in [-0.3, -0.25) is 0 Å². The highest BCUT2D eigenvalue weighted by atomic mass is 16.5. The van der Waals surface area contributed by atoms with Gasteiger partial charge in [0.25, 0.3) is 0 Å². The highest BCUT2D eigenvalue weighted by molar-refractivity contribution is 5.89. The first-order chi connectivity index (χ1) is 9.22. The molecule has 0 aliphatic heterocycles. The third kappa shape index (κ3) is 3.31. The van der Waals surface area contributed by atoms with Gasteiger partial charge >= 0.3 is 5.97 Å². The van der Waals surface area contributed by atoms with Crippen LogP contribution >= 0.6 is 0 Å². The molecule has 0 fully saturated rings. The van der Waals surface area contributed by atoms with E-state index in [4.69, 9.17) is 9.26 Å². The van der Waals surface area contributed by atoms with Gasteiger partial charge in [0.05, 0.1) is 12.7 Å². The summed E-state index contributed by atoms with van der Waals surface area (Å²) in [6.07, 6.45) is 0.695. The van der Waals surface area contributed by atoms with E-state index in [0.29, 0.717) is 29.4 Å². The molecule has 6 heteroatoms. The molecule has 19 heavy (non-hydrogen) atoms. The van der Waals surface area contributed by atoms with Crippen molar-refractivity contribution in [3.05, 3.63) is 41.5 Å². The third-order valence-corrected chi connectivity index (χ3v) is 2.46. The van der Waals surface area contributed by atoms with Gasteiger partial charge in [-0.05, 0) is 24.3 Å². The second kappa shape index (κ2) is 5.99. The van der Waals surface area contributed by atoms with Crippen LogP contribution in [0.4, 0.5) is 0 Å². The zero-order valence-corrected chi connectivity index (χ0v) is 10.8. The Morgan fingerprint density at radius 2 is 2.05 bits per heavy atom. The van der Waals surface area contributed by atoms with Gasteiger partial charge in [-0.15, -0.1) is 0 Å². The van der Waals surface area contributed by atoms with Gasteiger partial charge in [0.2, 0.25) is 11.7 Å². The molecule has 1 heterocycles. The SMILES string of the molecule is CCc1nc(COc2ccc(C(=O)OC)cc2)no1. The molecule has 0 spiro atoms. The lowest BCUT2D eigenvalue weighted by atomic mass is 10.2. The van der Waals surface area contributed by atoms with E-state index in [1.165, 1.54) is 7.11 Å². The van der Waals surface area contributed by atoms with Crippen LogP contribution in [0.3, 0.4) is 0 Å². The molecule has 2 aromatic rings. The Bertz CT molecular complexity index is 548. The molecule has 0 saturated heterocycles. The number of carbonyl (C=O) groups excluding carboxylic acids is 1. The third-order valence-electron chi connectivity index (χ3n) is 2.46. The minimum atomic E-state index is -0.377. The fourth-order valence-corrected chi connectivity index (χ4v) is 1.45. The molecule has 1 aromatic carbocycles. The molecular weight excluding hydrogens is 248 g/mol. The average Bonchev–Trinajstić information content (AvgIpc) is 2.93. The van der Waals surface area contributed by atoms with Crippen molar-refractivity contribution in [3.8, 4) is 5.75 Å². The Kier molecular flexibility index (Phi) is 4.12. The van der Waals surface area contributed by atoms with Crippen LogP contribution in [0.2, 0.25) is 0 Å². The van der Waals surface area contributed by atoms with E-state index in [0.717, 1.165) is 0 Å². The smallest absolute Gasteiger partial charge is 0.337 e. The van der Waals surface area contributed by atoms with Crippen LogP contribution in [0.25, 0.3) is 0 Å². The van der Waals surface area contributed by atoms with E-state index >= 15 is 0 Å². The average molecular weight is 262 g/mol. The molecular formula is C13H14N2O4. The minimum Gasteiger partial charge on any atom is -0.485 e. The number of aromatic nitrogens is 2. The van der Waals surface area contributed by atoms with E-state index in [1.54, 1.807) is 24.3 Å². The Labute approximate surface area is 110 Å². The highest BCUT2D eigenvalue weighted by Crippen LogP contribution is 2.14. The quantitative estimate of drug-likeness (QED) is 0.767. The van der Waals surface area contributed by atoms with Crippen molar-refractivity contribution in [2.45, 2.75) is 20.0 Å². The highest BCUT2D eigenvalue weighted by Gasteiger charge is 2.07. The monoisotopic (exact) mass is 262 g/mol. The molecule has 0 aliphatic carbocycles. The van der Waals surface area contributed by atoms with Crippen molar-refractivity contribution in [3.63, 3.8) is 0 Å². The lowest BCUT2D eigenvalue weighted by Gasteiger charge is -2.04. The van der Waals surface area contributed by atoms with Crippen molar-refractivity contribution < 1.29 is 18.8 Å². The molecule has 0 aliphatic rings. The van der Waals surface area contributed by atoms with Crippen LogP contribution in [0.15, 0.2) is 28.8 Å². The van der Waals surface area contributed by atoms with E-state index in [1.807, 2.05) is 6.92 Å². The van der Waals surface area contributed by atoms with E-state index in [9.17, 15) is 4.79 Å². The van der Waals surface area contributed by atoms with E-state index < -0.39 is 0 Å². The summed E-state index contributed by atoms with van der Waals surface area (Å²) in [6, 6.07) is 6.64. The summed E-state index contributed by atoms with van der Waals surface area (Å²) in [5.41, 5.74) is 0.475. The molecule has 0 saturated carbocycles. The number of rotatable bonds is 5. The molecule has 0 N–H and O–H groups in total. The van der Waals surface area contributed by atoms with Gasteiger partial charge in [0, 0.05) is 6.42 Å². The predicted octanol–water partition coefficient (Wildman–Crippen LogP) is 2.00. The lowest BCUT2D eigenvalue weighted by Crippen LogP contribution is -2.01. The summed E-state index contributed by atoms with van der Waals surface area (Å²) < 4.78 is 15.1. The number of nitrogens with zero attached hydrogens (tertiary/aromatic N) is 2. The maximum absolute atomic E-state index is 11.2. The molecule has 0 bridgehead atoms. The van der Waals surface area contributed by atoms with Gasteiger partial charge in [-0.25, -0.2) is 4.79 Å². The van der Waals surface area contributed by atoms with E-state index in [-0.39, 0.29) is 12.6 Å². The van der Waals surface area contributed by atoms with Gasteiger partial charge in [-0.1, -0.05) is 12.1 Å². The first-order valence-electron chi connectivity index (χ1n) is 5.85. The summed E-state index contributed by atoms with van der Waals surface area (Å²) in [4.78, 5) is 15.4. The molecule has 6 nitrogen and oxygen atoms in total. The summed E-state index contributed by atoms with van der Waals surface area (Å²) in [5, 5.41) is 3.78. The number of benzene rings is 1. The second-order valence-electron chi connectivity index (χ2n) is 3.76. The summed E-state index contributed by atoms with van der Waals surface area (Å²) in [6.45, 7) is 2.16. The summed E-state index contributed by atoms with van der Waals surface area (Å²) in [5.74, 6) is 1.32. The van der Waals surface area contributed by atoms with Crippen LogP contribution in [0, 0.1) is 0 Å². The number of ether oxygens (including phenoxy) is 2. The Hall–Kier alpha value is -2.37. The van der Waals surface area contributed by atoms with Crippen molar-refractivity contribution in [2.24, 2.45) is 0 Å². The molecule has 0 unspecified atom stereocenters. The molecule has 100 valence electrons. The van der Waals surface area contributed by atoms with Crippen molar-refractivity contribution in [1.82, 2.24) is 10.1 Å². The van der Waals surface area contributed by atoms with Crippen molar-refractivity contribution in [1.29, 1.82) is 0 Å². The van der Waals surface area contributed by atoms with Crippen LogP contribution in [-0.2, 0) is 17.8 Å². The first-order valence-corrected chi connectivity index (χ1v) is 5.85. The van der Waals surface area contributed by atoms with Crippen LogP contribution < -0.4 is 4.74 Å². The molecule has 2 rings (SSSR count). The number of hydrogen-bond donors (Lipinski definition) is 0. The fourth-order valence-electron chi connectivity index (χ4n) is 1.45. The maximum Gasteiger partial charge on any atom is 0.337 e. The lowest BCUT2D eigenvalue weighted by molar-refractivity contribution is 0.0600. The van der Waals surface area contributed by atoms with Crippen molar-refractivity contribution in [2.75, 3.05) is 7.11 Å². The normalized spacial score (nSPS) is 10.2. The molecule has 1 aromatic heterocycles. The largest absolute Gasteiger partial charge is 0.485 e.